The van der Waals surface area contributed by atoms with Crippen molar-refractivity contribution in [3.63, 3.8) is 0 Å². The molecule has 0 aliphatic carbocycles. The first-order valence-corrected chi connectivity index (χ1v) is 9.08. The highest BCUT2D eigenvalue weighted by Crippen LogP contribution is 2.27. The molecule has 1 atom stereocenters. The molecule has 1 amide bonds. The molecule has 5 rings (SSSR count). The number of hydrogen-bond acceptors (Lipinski definition) is 3. The van der Waals surface area contributed by atoms with Crippen LogP contribution >= 0.6 is 0 Å². The van der Waals surface area contributed by atoms with Crippen molar-refractivity contribution in [3.05, 3.63) is 60.2 Å². The zero-order valence-electron chi connectivity index (χ0n) is 14.4. The lowest BCUT2D eigenvalue weighted by molar-refractivity contribution is 0.0642. The van der Waals surface area contributed by atoms with Gasteiger partial charge in [0, 0.05) is 12.6 Å². The van der Waals surface area contributed by atoms with Gasteiger partial charge in [-0.1, -0.05) is 48.5 Å². The molecule has 0 radical (unpaired) electrons. The molecule has 2 aromatic rings. The van der Waals surface area contributed by atoms with E-state index in [9.17, 15) is 4.79 Å². The van der Waals surface area contributed by atoms with E-state index in [-0.39, 0.29) is 12.1 Å². The summed E-state index contributed by atoms with van der Waals surface area (Å²) in [5.74, 6) is 0.610. The van der Waals surface area contributed by atoms with Crippen LogP contribution in [0.5, 0.6) is 0 Å². The number of benzene rings is 2. The van der Waals surface area contributed by atoms with Gasteiger partial charge in [-0.2, -0.15) is 0 Å². The molecule has 1 N–H and O–H groups in total. The summed E-state index contributed by atoms with van der Waals surface area (Å²) < 4.78 is 5.46. The van der Waals surface area contributed by atoms with E-state index in [1.165, 1.54) is 31.5 Å². The third kappa shape index (κ3) is 3.85. The zero-order valence-corrected chi connectivity index (χ0v) is 14.4. The Labute approximate surface area is 148 Å². The van der Waals surface area contributed by atoms with E-state index < -0.39 is 0 Å². The van der Waals surface area contributed by atoms with E-state index >= 15 is 0 Å². The minimum atomic E-state index is -0.302. The second kappa shape index (κ2) is 7.28. The third-order valence-electron chi connectivity index (χ3n) is 5.36. The van der Waals surface area contributed by atoms with Crippen LogP contribution in [0.3, 0.4) is 0 Å². The number of nitrogens with one attached hydrogen (secondary N) is 1. The lowest BCUT2D eigenvalue weighted by atomic mass is 9.84. The van der Waals surface area contributed by atoms with E-state index in [1.807, 2.05) is 30.3 Å². The van der Waals surface area contributed by atoms with Gasteiger partial charge in [0.1, 0.15) is 6.61 Å². The van der Waals surface area contributed by atoms with Gasteiger partial charge in [0.15, 0.2) is 0 Å². The maximum absolute atomic E-state index is 12.2. The number of amides is 1. The highest BCUT2D eigenvalue weighted by Gasteiger charge is 2.35. The van der Waals surface area contributed by atoms with Gasteiger partial charge in [0.2, 0.25) is 0 Å². The molecule has 130 valence electrons. The molecule has 2 aromatic carbocycles. The normalized spacial score (nSPS) is 24.7. The van der Waals surface area contributed by atoms with Crippen LogP contribution in [0.2, 0.25) is 0 Å². The highest BCUT2D eigenvalue weighted by molar-refractivity contribution is 5.68. The van der Waals surface area contributed by atoms with Crippen LogP contribution in [-0.2, 0) is 11.3 Å². The SMILES string of the molecule is O=C(NC1CN2CCC1CC2)OCc1cccc(-c2ccccc2)c1. The Kier molecular flexibility index (Phi) is 4.70. The fourth-order valence-corrected chi connectivity index (χ4v) is 3.94. The maximum Gasteiger partial charge on any atom is 0.407 e. The van der Waals surface area contributed by atoms with Crippen molar-refractivity contribution in [1.29, 1.82) is 0 Å². The second-order valence-corrected chi connectivity index (χ2v) is 7.03. The number of fused-ring (bicyclic) bond motifs is 3. The van der Waals surface area contributed by atoms with Crippen LogP contribution in [0, 0.1) is 5.92 Å². The van der Waals surface area contributed by atoms with E-state index in [2.05, 4.69) is 34.5 Å². The van der Waals surface area contributed by atoms with Gasteiger partial charge in [0.05, 0.1) is 0 Å². The summed E-state index contributed by atoms with van der Waals surface area (Å²) in [6.45, 7) is 3.60. The maximum atomic E-state index is 12.2. The van der Waals surface area contributed by atoms with Crippen LogP contribution in [0.25, 0.3) is 11.1 Å². The lowest BCUT2D eigenvalue weighted by Crippen LogP contribution is -2.57. The monoisotopic (exact) mass is 336 g/mol. The van der Waals surface area contributed by atoms with Crippen molar-refractivity contribution in [3.8, 4) is 11.1 Å². The highest BCUT2D eigenvalue weighted by atomic mass is 16.5. The van der Waals surface area contributed by atoms with E-state index in [1.54, 1.807) is 0 Å². The minimum absolute atomic E-state index is 0.241. The number of nitrogens with zero attached hydrogens (tertiary/aromatic N) is 1. The summed E-state index contributed by atoms with van der Waals surface area (Å²) in [7, 11) is 0. The molecule has 4 nitrogen and oxygen atoms in total. The molecule has 3 saturated heterocycles. The lowest BCUT2D eigenvalue weighted by Gasteiger charge is -2.44. The molecule has 3 aliphatic rings. The van der Waals surface area contributed by atoms with E-state index in [4.69, 9.17) is 4.74 Å². The molecule has 0 aromatic heterocycles. The molecule has 2 bridgehead atoms. The Morgan fingerprint density at radius 3 is 2.52 bits per heavy atom. The number of carbonyl (C=O) groups excluding carboxylic acids is 1. The quantitative estimate of drug-likeness (QED) is 0.926. The van der Waals surface area contributed by atoms with Crippen molar-refractivity contribution >= 4 is 6.09 Å². The predicted octanol–water partition coefficient (Wildman–Crippen LogP) is 3.67. The van der Waals surface area contributed by atoms with Crippen molar-refractivity contribution in [2.75, 3.05) is 19.6 Å². The number of rotatable bonds is 4. The summed E-state index contributed by atoms with van der Waals surface area (Å²) in [6, 6.07) is 18.6. The van der Waals surface area contributed by atoms with Crippen LogP contribution in [-0.4, -0.2) is 36.7 Å². The van der Waals surface area contributed by atoms with Gasteiger partial charge >= 0.3 is 6.09 Å². The molecule has 0 saturated carbocycles. The first kappa shape index (κ1) is 16.2. The standard InChI is InChI=1S/C21H24N2O2/c24-21(22-20-14-23-11-9-18(20)10-12-23)25-15-16-5-4-8-19(13-16)17-6-2-1-3-7-17/h1-8,13,18,20H,9-12,14-15H2,(H,22,24). The topological polar surface area (TPSA) is 41.6 Å². The van der Waals surface area contributed by atoms with Gasteiger partial charge < -0.3 is 15.0 Å². The molecule has 3 fully saturated rings. The summed E-state index contributed by atoms with van der Waals surface area (Å²) in [4.78, 5) is 14.6. The summed E-state index contributed by atoms with van der Waals surface area (Å²) >= 11 is 0. The molecular weight excluding hydrogens is 312 g/mol. The number of hydrogen-bond donors (Lipinski definition) is 1. The molecule has 25 heavy (non-hydrogen) atoms. The molecule has 3 heterocycles. The molecule has 1 unspecified atom stereocenters. The molecule has 4 heteroatoms. The molecule has 3 aliphatic heterocycles. The van der Waals surface area contributed by atoms with Gasteiger partial charge in [-0.25, -0.2) is 4.79 Å². The number of carbonyl (C=O) groups is 1. The zero-order chi connectivity index (χ0) is 17.1. The Morgan fingerprint density at radius 2 is 1.80 bits per heavy atom. The largest absolute Gasteiger partial charge is 0.445 e. The van der Waals surface area contributed by atoms with Gasteiger partial charge in [-0.05, 0) is 54.6 Å². The Morgan fingerprint density at radius 1 is 1.04 bits per heavy atom. The minimum Gasteiger partial charge on any atom is -0.445 e. The average Bonchev–Trinajstić information content (AvgIpc) is 2.68. The van der Waals surface area contributed by atoms with Crippen LogP contribution < -0.4 is 5.32 Å². The van der Waals surface area contributed by atoms with Crippen molar-refractivity contribution < 1.29 is 9.53 Å². The fourth-order valence-electron chi connectivity index (χ4n) is 3.94. The van der Waals surface area contributed by atoms with Crippen molar-refractivity contribution in [2.24, 2.45) is 5.92 Å². The van der Waals surface area contributed by atoms with E-state index in [0.29, 0.717) is 12.5 Å². The van der Waals surface area contributed by atoms with Crippen LogP contribution in [0.4, 0.5) is 4.79 Å². The van der Waals surface area contributed by atoms with Gasteiger partial charge in [-0.3, -0.25) is 0 Å². The first-order chi connectivity index (χ1) is 12.3. The third-order valence-corrected chi connectivity index (χ3v) is 5.36. The van der Waals surface area contributed by atoms with Gasteiger partial charge in [-0.15, -0.1) is 0 Å². The number of piperidine rings is 3. The predicted molar refractivity (Wildman–Crippen MR) is 98.2 cm³/mol. The molecular formula is C21H24N2O2. The van der Waals surface area contributed by atoms with Crippen LogP contribution in [0.15, 0.2) is 54.6 Å². The summed E-state index contributed by atoms with van der Waals surface area (Å²) in [5.41, 5.74) is 3.31. The second-order valence-electron chi connectivity index (χ2n) is 7.03. The summed E-state index contributed by atoms with van der Waals surface area (Å²) in [6.07, 6.45) is 2.07. The smallest absolute Gasteiger partial charge is 0.407 e. The summed E-state index contributed by atoms with van der Waals surface area (Å²) in [5, 5.41) is 3.06. The first-order valence-electron chi connectivity index (χ1n) is 9.08. The molecule has 0 spiro atoms. The Hall–Kier alpha value is -2.33. The number of alkyl carbamates (subject to hydrolysis) is 1. The van der Waals surface area contributed by atoms with Crippen LogP contribution in [0.1, 0.15) is 18.4 Å². The fraction of sp³-hybridized carbons (Fsp3) is 0.381. The van der Waals surface area contributed by atoms with Crippen molar-refractivity contribution in [1.82, 2.24) is 10.2 Å². The Balaban J connectivity index is 1.33. The van der Waals surface area contributed by atoms with Gasteiger partial charge in [0.25, 0.3) is 0 Å². The van der Waals surface area contributed by atoms with Crippen molar-refractivity contribution in [2.45, 2.75) is 25.5 Å². The van der Waals surface area contributed by atoms with E-state index in [0.717, 1.165) is 17.7 Å². The number of ether oxygens (including phenoxy) is 1. The Bertz CT molecular complexity index is 724. The average molecular weight is 336 g/mol.